The summed E-state index contributed by atoms with van der Waals surface area (Å²) in [5.41, 5.74) is -0.0491. The molecule has 0 aromatic carbocycles. The molecule has 2 saturated carbocycles. The quantitative estimate of drug-likeness (QED) is 0.838. The van der Waals surface area contributed by atoms with E-state index in [1.807, 2.05) is 0 Å². The van der Waals surface area contributed by atoms with Crippen LogP contribution in [0.1, 0.15) is 46.5 Å². The molecule has 102 valence electrons. The maximum Gasteiger partial charge on any atom is 0.172 e. The van der Waals surface area contributed by atoms with Gasteiger partial charge in [-0.05, 0) is 37.5 Å². The lowest BCUT2D eigenvalue weighted by molar-refractivity contribution is -0.276. The zero-order valence-electron chi connectivity index (χ0n) is 11.6. The standard InChI is InChI=1S/C15H24O3/c1-4-14(5-2)10-8-7-9-11(10)15(6-3,18-14)17-13(9)12(8)16/h8-13,16H,4-7H2,1-3H3/t8-,9+,10-,11+,12+,13-,15-/m0/s1. The van der Waals surface area contributed by atoms with E-state index >= 15 is 0 Å². The fraction of sp³-hybridized carbons (Fsp3) is 1.00. The zero-order valence-corrected chi connectivity index (χ0v) is 11.6. The molecular weight excluding hydrogens is 228 g/mol. The van der Waals surface area contributed by atoms with E-state index in [1.165, 1.54) is 0 Å². The number of aliphatic hydroxyl groups excluding tert-OH is 1. The summed E-state index contributed by atoms with van der Waals surface area (Å²) in [4.78, 5) is 0. The van der Waals surface area contributed by atoms with Crippen LogP contribution in [0.15, 0.2) is 0 Å². The van der Waals surface area contributed by atoms with E-state index in [4.69, 9.17) is 9.47 Å². The Kier molecular flexibility index (Phi) is 2.15. The van der Waals surface area contributed by atoms with Crippen molar-refractivity contribution < 1.29 is 14.6 Å². The highest BCUT2D eigenvalue weighted by Crippen LogP contribution is 2.72. The Balaban J connectivity index is 1.85. The molecule has 4 rings (SSSR count). The molecule has 0 radical (unpaired) electrons. The van der Waals surface area contributed by atoms with Crippen molar-refractivity contribution in [3.8, 4) is 0 Å². The van der Waals surface area contributed by atoms with Crippen LogP contribution >= 0.6 is 0 Å². The van der Waals surface area contributed by atoms with E-state index in [0.717, 1.165) is 25.7 Å². The van der Waals surface area contributed by atoms with Crippen molar-refractivity contribution in [3.05, 3.63) is 0 Å². The molecule has 4 fully saturated rings. The first-order valence-corrected chi connectivity index (χ1v) is 7.68. The maximum atomic E-state index is 10.5. The van der Waals surface area contributed by atoms with E-state index in [0.29, 0.717) is 23.7 Å². The van der Waals surface area contributed by atoms with Crippen LogP contribution in [0.25, 0.3) is 0 Å². The van der Waals surface area contributed by atoms with E-state index in [2.05, 4.69) is 20.8 Å². The lowest BCUT2D eigenvalue weighted by atomic mass is 9.68. The van der Waals surface area contributed by atoms with Gasteiger partial charge in [-0.2, -0.15) is 0 Å². The van der Waals surface area contributed by atoms with Gasteiger partial charge in [-0.3, -0.25) is 0 Å². The van der Waals surface area contributed by atoms with E-state index in [1.54, 1.807) is 0 Å². The van der Waals surface area contributed by atoms with Crippen molar-refractivity contribution >= 4 is 0 Å². The summed E-state index contributed by atoms with van der Waals surface area (Å²) < 4.78 is 12.8. The molecular formula is C15H24O3. The molecule has 2 aliphatic heterocycles. The third-order valence-electron chi connectivity index (χ3n) is 6.57. The van der Waals surface area contributed by atoms with Gasteiger partial charge in [0.2, 0.25) is 0 Å². The highest BCUT2D eigenvalue weighted by molar-refractivity contribution is 5.22. The molecule has 0 unspecified atom stereocenters. The molecule has 3 nitrogen and oxygen atoms in total. The highest BCUT2D eigenvalue weighted by atomic mass is 16.7. The molecule has 2 heterocycles. The summed E-state index contributed by atoms with van der Waals surface area (Å²) in [5.74, 6) is 1.65. The van der Waals surface area contributed by atoms with Crippen molar-refractivity contribution in [3.63, 3.8) is 0 Å². The topological polar surface area (TPSA) is 38.7 Å². The molecule has 3 heteroatoms. The fourth-order valence-corrected chi connectivity index (χ4v) is 5.87. The summed E-state index contributed by atoms with van der Waals surface area (Å²) >= 11 is 0. The summed E-state index contributed by atoms with van der Waals surface area (Å²) in [6.45, 7) is 6.62. The van der Waals surface area contributed by atoms with Crippen molar-refractivity contribution in [2.24, 2.45) is 23.7 Å². The van der Waals surface area contributed by atoms with Crippen molar-refractivity contribution in [1.82, 2.24) is 0 Å². The second-order valence-electron chi connectivity index (χ2n) is 6.73. The minimum Gasteiger partial charge on any atom is -0.390 e. The first-order chi connectivity index (χ1) is 8.62. The first-order valence-electron chi connectivity index (χ1n) is 7.68. The van der Waals surface area contributed by atoms with Crippen molar-refractivity contribution in [2.75, 3.05) is 0 Å². The SMILES string of the molecule is CCC1(CC)O[C@]2(CC)O[C@@H]3[C@H](O)[C@H]4C[C@@H]3[C@@H]2[C@H]41. The number of fused-ring (bicyclic) bond motifs is 2. The largest absolute Gasteiger partial charge is 0.390 e. The van der Waals surface area contributed by atoms with Gasteiger partial charge in [-0.15, -0.1) is 0 Å². The zero-order chi connectivity index (χ0) is 12.7. The molecule has 0 aromatic rings. The monoisotopic (exact) mass is 252 g/mol. The van der Waals surface area contributed by atoms with Crippen LogP contribution in [0.2, 0.25) is 0 Å². The third-order valence-corrected chi connectivity index (χ3v) is 6.57. The Labute approximate surface area is 109 Å². The minimum atomic E-state index is -0.377. The van der Waals surface area contributed by atoms with E-state index < -0.39 is 0 Å². The minimum absolute atomic E-state index is 0.0491. The van der Waals surface area contributed by atoms with Gasteiger partial charge in [0.25, 0.3) is 0 Å². The van der Waals surface area contributed by atoms with Gasteiger partial charge < -0.3 is 14.6 Å². The number of hydrogen-bond donors (Lipinski definition) is 1. The van der Waals surface area contributed by atoms with Gasteiger partial charge in [-0.1, -0.05) is 20.8 Å². The first kappa shape index (κ1) is 11.7. The van der Waals surface area contributed by atoms with Crippen LogP contribution in [0.4, 0.5) is 0 Å². The normalized spacial score (nSPS) is 58.7. The molecule has 0 aromatic heterocycles. The van der Waals surface area contributed by atoms with Crippen LogP contribution < -0.4 is 0 Å². The number of aliphatic hydroxyl groups is 1. The summed E-state index contributed by atoms with van der Waals surface area (Å²) in [7, 11) is 0. The molecule has 0 amide bonds. The molecule has 18 heavy (non-hydrogen) atoms. The van der Waals surface area contributed by atoms with Crippen LogP contribution in [-0.2, 0) is 9.47 Å². The van der Waals surface area contributed by atoms with E-state index in [-0.39, 0.29) is 23.6 Å². The molecule has 1 N–H and O–H groups in total. The highest BCUT2D eigenvalue weighted by Gasteiger charge is 2.78. The second kappa shape index (κ2) is 3.31. The summed E-state index contributed by atoms with van der Waals surface area (Å²) in [6, 6.07) is 0. The van der Waals surface area contributed by atoms with E-state index in [9.17, 15) is 5.11 Å². The van der Waals surface area contributed by atoms with Crippen LogP contribution in [0.3, 0.4) is 0 Å². The van der Waals surface area contributed by atoms with Crippen LogP contribution in [0, 0.1) is 23.7 Å². The van der Waals surface area contributed by atoms with Gasteiger partial charge in [-0.25, -0.2) is 0 Å². The van der Waals surface area contributed by atoms with Crippen LogP contribution in [-0.4, -0.2) is 28.7 Å². The lowest BCUT2D eigenvalue weighted by Crippen LogP contribution is -2.47. The Morgan fingerprint density at radius 3 is 2.39 bits per heavy atom. The Morgan fingerprint density at radius 1 is 1.06 bits per heavy atom. The Hall–Kier alpha value is -0.120. The maximum absolute atomic E-state index is 10.5. The fourth-order valence-electron chi connectivity index (χ4n) is 5.87. The average molecular weight is 252 g/mol. The predicted octanol–water partition coefficient (Wildman–Crippen LogP) is 2.32. The van der Waals surface area contributed by atoms with Crippen molar-refractivity contribution in [2.45, 2.75) is 70.1 Å². The molecule has 2 bridgehead atoms. The number of ether oxygens (including phenoxy) is 2. The van der Waals surface area contributed by atoms with Gasteiger partial charge in [0, 0.05) is 11.8 Å². The third kappa shape index (κ3) is 0.981. The molecule has 2 saturated heterocycles. The second-order valence-corrected chi connectivity index (χ2v) is 6.73. The van der Waals surface area contributed by atoms with Crippen LogP contribution in [0.5, 0.6) is 0 Å². The van der Waals surface area contributed by atoms with Gasteiger partial charge in [0.05, 0.1) is 17.8 Å². The lowest BCUT2D eigenvalue weighted by Gasteiger charge is -2.41. The molecule has 0 spiro atoms. The van der Waals surface area contributed by atoms with Gasteiger partial charge in [0.15, 0.2) is 5.79 Å². The smallest absolute Gasteiger partial charge is 0.172 e. The van der Waals surface area contributed by atoms with Gasteiger partial charge in [0.1, 0.15) is 0 Å². The molecule has 2 aliphatic carbocycles. The Morgan fingerprint density at radius 2 is 1.78 bits per heavy atom. The molecule has 4 aliphatic rings. The number of rotatable bonds is 3. The average Bonchev–Trinajstić information content (AvgIpc) is 3.04. The predicted molar refractivity (Wildman–Crippen MR) is 66.9 cm³/mol. The number of hydrogen-bond acceptors (Lipinski definition) is 3. The van der Waals surface area contributed by atoms with Crippen molar-refractivity contribution in [1.29, 1.82) is 0 Å². The Bertz CT molecular complexity index is 372. The molecule has 7 atom stereocenters. The summed E-state index contributed by atoms with van der Waals surface area (Å²) in [6.07, 6.45) is 3.97. The summed E-state index contributed by atoms with van der Waals surface area (Å²) in [5, 5.41) is 10.5. The van der Waals surface area contributed by atoms with Gasteiger partial charge >= 0.3 is 0 Å².